The summed E-state index contributed by atoms with van der Waals surface area (Å²) in [4.78, 5) is 0. The van der Waals surface area contributed by atoms with Crippen molar-refractivity contribution in [1.82, 2.24) is 5.32 Å². The van der Waals surface area contributed by atoms with Gasteiger partial charge in [0.1, 0.15) is 0 Å². The number of hydrogen-bond acceptors (Lipinski definition) is 1. The van der Waals surface area contributed by atoms with Gasteiger partial charge in [-0.25, -0.2) is 0 Å². The number of benzene rings is 1. The zero-order chi connectivity index (χ0) is 10.9. The summed E-state index contributed by atoms with van der Waals surface area (Å²) in [5, 5.41) is 3.20. The Bertz CT molecular complexity index is 266. The minimum absolute atomic E-state index is 0.753. The van der Waals surface area contributed by atoms with Crippen LogP contribution in [0.5, 0.6) is 0 Å². The first-order valence-electron chi connectivity index (χ1n) is 5.75. The summed E-state index contributed by atoms with van der Waals surface area (Å²) in [7, 11) is 0. The van der Waals surface area contributed by atoms with E-state index in [1.807, 2.05) is 0 Å². The van der Waals surface area contributed by atoms with Crippen LogP contribution in [0.25, 0.3) is 0 Å². The Labute approximate surface area is 93.2 Å². The third kappa shape index (κ3) is 4.68. The van der Waals surface area contributed by atoms with Gasteiger partial charge in [-0.3, -0.25) is 0 Å². The Kier molecular flexibility index (Phi) is 5.60. The molecular weight excluding hydrogens is 182 g/mol. The van der Waals surface area contributed by atoms with Crippen LogP contribution in [0.2, 0.25) is 0 Å². The van der Waals surface area contributed by atoms with E-state index in [-0.39, 0.29) is 0 Å². The van der Waals surface area contributed by atoms with Gasteiger partial charge in [-0.15, -0.1) is 0 Å². The van der Waals surface area contributed by atoms with Crippen LogP contribution >= 0.6 is 0 Å². The molecule has 1 unspecified atom stereocenters. The van der Waals surface area contributed by atoms with Crippen molar-refractivity contribution in [3.63, 3.8) is 0 Å². The number of rotatable bonds is 7. The van der Waals surface area contributed by atoms with Crippen molar-refractivity contribution in [3.8, 4) is 0 Å². The van der Waals surface area contributed by atoms with Gasteiger partial charge in [-0.1, -0.05) is 50.3 Å². The Hall–Kier alpha value is -1.24. The molecule has 1 aromatic rings. The van der Waals surface area contributed by atoms with Gasteiger partial charge in [-0.2, -0.15) is 0 Å². The van der Waals surface area contributed by atoms with Gasteiger partial charge in [0, 0.05) is 6.54 Å². The summed E-state index contributed by atoms with van der Waals surface area (Å²) in [5.74, 6) is 0.753. The highest BCUT2D eigenvalue weighted by molar-refractivity contribution is 5.14. The molecule has 15 heavy (non-hydrogen) atoms. The van der Waals surface area contributed by atoms with E-state index in [2.05, 4.69) is 49.2 Å². The maximum atomic E-state index is 3.67. The maximum absolute atomic E-state index is 3.67. The van der Waals surface area contributed by atoms with E-state index >= 15 is 0 Å². The van der Waals surface area contributed by atoms with Gasteiger partial charge in [0.25, 0.3) is 0 Å². The minimum atomic E-state index is 0.753. The van der Waals surface area contributed by atoms with Crippen molar-refractivity contribution in [2.45, 2.75) is 26.2 Å². The molecule has 82 valence electrons. The first-order chi connectivity index (χ1) is 7.36. The molecule has 0 bridgehead atoms. The second-order valence-electron chi connectivity index (χ2n) is 3.91. The Morgan fingerprint density at radius 3 is 2.67 bits per heavy atom. The third-order valence-corrected chi connectivity index (χ3v) is 2.81. The highest BCUT2D eigenvalue weighted by Crippen LogP contribution is 2.12. The summed E-state index contributed by atoms with van der Waals surface area (Å²) < 4.78 is 0. The topological polar surface area (TPSA) is 12.0 Å². The molecule has 0 saturated heterocycles. The predicted octanol–water partition coefficient (Wildman–Crippen LogP) is 3.38. The number of nitrogens with one attached hydrogen (secondary N) is 1. The maximum Gasteiger partial charge on any atom is 0.0169 e. The molecule has 1 atom stereocenters. The molecule has 1 nitrogen and oxygen atoms in total. The van der Waals surface area contributed by atoms with Crippen molar-refractivity contribution in [2.24, 2.45) is 5.92 Å². The van der Waals surface area contributed by atoms with Crippen LogP contribution < -0.4 is 5.32 Å². The van der Waals surface area contributed by atoms with Crippen LogP contribution in [0.4, 0.5) is 0 Å². The summed E-state index contributed by atoms with van der Waals surface area (Å²) in [6, 6.07) is 10.7. The fourth-order valence-corrected chi connectivity index (χ4v) is 1.72. The van der Waals surface area contributed by atoms with Crippen LogP contribution in [0.3, 0.4) is 0 Å². The van der Waals surface area contributed by atoms with Crippen molar-refractivity contribution >= 4 is 0 Å². The van der Waals surface area contributed by atoms with E-state index in [1.165, 1.54) is 24.8 Å². The summed E-state index contributed by atoms with van der Waals surface area (Å²) in [6.45, 7) is 6.97. The van der Waals surface area contributed by atoms with E-state index < -0.39 is 0 Å². The van der Waals surface area contributed by atoms with Gasteiger partial charge in [-0.05, 0) is 30.5 Å². The Morgan fingerprint density at radius 2 is 2.07 bits per heavy atom. The molecule has 0 spiro atoms. The van der Waals surface area contributed by atoms with Crippen molar-refractivity contribution < 1.29 is 0 Å². The molecule has 0 saturated carbocycles. The molecule has 0 fully saturated rings. The van der Waals surface area contributed by atoms with Crippen molar-refractivity contribution in [1.29, 1.82) is 0 Å². The van der Waals surface area contributed by atoms with E-state index in [4.69, 9.17) is 0 Å². The lowest BCUT2D eigenvalue weighted by molar-refractivity contribution is 0.458. The smallest absolute Gasteiger partial charge is 0.0169 e. The minimum Gasteiger partial charge on any atom is -0.391 e. The zero-order valence-electron chi connectivity index (χ0n) is 9.58. The third-order valence-electron chi connectivity index (χ3n) is 2.81. The fraction of sp³-hybridized carbons (Fsp3) is 0.429. The molecule has 0 aliphatic rings. The van der Waals surface area contributed by atoms with Gasteiger partial charge in [0.15, 0.2) is 0 Å². The SMILES string of the molecule is C=CNCC(CC)CCc1ccccc1. The molecule has 1 heteroatoms. The normalized spacial score (nSPS) is 12.1. The van der Waals surface area contributed by atoms with Crippen LogP contribution in [0.1, 0.15) is 25.3 Å². The highest BCUT2D eigenvalue weighted by Gasteiger charge is 2.04. The van der Waals surface area contributed by atoms with Crippen LogP contribution in [-0.2, 0) is 6.42 Å². The van der Waals surface area contributed by atoms with Gasteiger partial charge < -0.3 is 5.32 Å². The standard InChI is InChI=1S/C14H21N/c1-3-13(12-15-4-2)10-11-14-8-6-5-7-9-14/h4-9,13,15H,2-3,10-12H2,1H3. The molecule has 1 rings (SSSR count). The van der Waals surface area contributed by atoms with E-state index in [0.29, 0.717) is 0 Å². The quantitative estimate of drug-likeness (QED) is 0.716. The Morgan fingerprint density at radius 1 is 1.33 bits per heavy atom. The monoisotopic (exact) mass is 203 g/mol. The summed E-state index contributed by atoms with van der Waals surface area (Å²) in [6.07, 6.45) is 5.44. The highest BCUT2D eigenvalue weighted by atomic mass is 14.8. The average Bonchev–Trinajstić information content (AvgIpc) is 2.31. The lowest BCUT2D eigenvalue weighted by Gasteiger charge is -2.14. The largest absolute Gasteiger partial charge is 0.391 e. The number of aryl methyl sites for hydroxylation is 1. The number of hydrogen-bond donors (Lipinski definition) is 1. The molecule has 0 aromatic heterocycles. The summed E-state index contributed by atoms with van der Waals surface area (Å²) in [5.41, 5.74) is 1.44. The first kappa shape index (κ1) is 11.8. The molecule has 0 aliphatic carbocycles. The molecule has 0 aliphatic heterocycles. The van der Waals surface area contributed by atoms with E-state index in [9.17, 15) is 0 Å². The van der Waals surface area contributed by atoms with Gasteiger partial charge >= 0.3 is 0 Å². The lowest BCUT2D eigenvalue weighted by atomic mass is 9.97. The van der Waals surface area contributed by atoms with Crippen LogP contribution in [0, 0.1) is 5.92 Å². The second-order valence-corrected chi connectivity index (χ2v) is 3.91. The zero-order valence-corrected chi connectivity index (χ0v) is 9.58. The van der Waals surface area contributed by atoms with Gasteiger partial charge in [0.05, 0.1) is 0 Å². The van der Waals surface area contributed by atoms with E-state index in [1.54, 1.807) is 6.20 Å². The molecule has 0 heterocycles. The molecule has 0 amide bonds. The van der Waals surface area contributed by atoms with Crippen LogP contribution in [0.15, 0.2) is 43.1 Å². The van der Waals surface area contributed by atoms with E-state index in [0.717, 1.165) is 12.5 Å². The fourth-order valence-electron chi connectivity index (χ4n) is 1.72. The second kappa shape index (κ2) is 7.10. The molecular formula is C14H21N. The average molecular weight is 203 g/mol. The Balaban J connectivity index is 2.31. The molecule has 1 N–H and O–H groups in total. The summed E-state index contributed by atoms with van der Waals surface area (Å²) >= 11 is 0. The lowest BCUT2D eigenvalue weighted by Crippen LogP contribution is -2.17. The first-order valence-corrected chi connectivity index (χ1v) is 5.75. The van der Waals surface area contributed by atoms with Gasteiger partial charge in [0.2, 0.25) is 0 Å². The predicted molar refractivity (Wildman–Crippen MR) is 66.7 cm³/mol. The molecule has 0 radical (unpaired) electrons. The molecule has 1 aromatic carbocycles. The van der Waals surface area contributed by atoms with Crippen molar-refractivity contribution in [3.05, 3.63) is 48.7 Å². The van der Waals surface area contributed by atoms with Crippen LogP contribution in [-0.4, -0.2) is 6.54 Å². The van der Waals surface area contributed by atoms with Crippen molar-refractivity contribution in [2.75, 3.05) is 6.54 Å².